The number of nitrogens with one attached hydrogen (secondary N) is 1. The van der Waals surface area contributed by atoms with Gasteiger partial charge in [0, 0.05) is 24.8 Å². The Kier molecular flexibility index (Phi) is 4.88. The number of carbonyl (C=O) groups excluding carboxylic acids is 2. The van der Waals surface area contributed by atoms with Crippen LogP contribution in [0.5, 0.6) is 0 Å². The fraction of sp³-hybridized carbons (Fsp3) is 0.125. The number of benzene rings is 2. The van der Waals surface area contributed by atoms with Gasteiger partial charge in [-0.15, -0.1) is 11.3 Å². The van der Waals surface area contributed by atoms with Crippen molar-refractivity contribution < 1.29 is 14.0 Å². The molecule has 0 saturated heterocycles. The molecule has 2 aromatic heterocycles. The van der Waals surface area contributed by atoms with Crippen LogP contribution in [0.1, 0.15) is 31.4 Å². The van der Waals surface area contributed by atoms with Gasteiger partial charge < -0.3 is 14.6 Å². The number of para-hydroxylation sites is 1. The molecule has 0 saturated carbocycles. The Morgan fingerprint density at radius 1 is 1.00 bits per heavy atom. The van der Waals surface area contributed by atoms with Crippen molar-refractivity contribution in [3.8, 4) is 0 Å². The van der Waals surface area contributed by atoms with Gasteiger partial charge in [0.15, 0.2) is 11.2 Å². The van der Waals surface area contributed by atoms with Crippen LogP contribution in [0.3, 0.4) is 0 Å². The molecule has 0 aliphatic carbocycles. The van der Waals surface area contributed by atoms with Gasteiger partial charge in [0.1, 0.15) is 5.58 Å². The molecule has 0 radical (unpaired) electrons. The van der Waals surface area contributed by atoms with Crippen molar-refractivity contribution in [2.24, 2.45) is 0 Å². The molecule has 2 aromatic carbocycles. The molecule has 0 atom stereocenters. The average molecular weight is 430 g/mol. The number of hydrogen-bond acceptors (Lipinski definition) is 5. The molecule has 0 unspecified atom stereocenters. The van der Waals surface area contributed by atoms with Crippen molar-refractivity contribution in [3.05, 3.63) is 98.0 Å². The quantitative estimate of drug-likeness (QED) is 0.525. The first-order valence-corrected chi connectivity index (χ1v) is 10.8. The third-order valence-electron chi connectivity index (χ3n) is 5.35. The molecule has 0 fully saturated rings. The molecule has 3 heterocycles. The second-order valence-electron chi connectivity index (χ2n) is 7.36. The largest absolute Gasteiger partial charge is 0.451 e. The SMILES string of the molecule is O=C(Nc1ccc2c(c1)CN(C(=O)c1cccs1)CC2)c1cc(=O)c2ccccc2o1. The maximum atomic E-state index is 12.7. The summed E-state index contributed by atoms with van der Waals surface area (Å²) < 4.78 is 5.62. The maximum Gasteiger partial charge on any atom is 0.291 e. The maximum absolute atomic E-state index is 12.7. The van der Waals surface area contributed by atoms with Gasteiger partial charge in [-0.2, -0.15) is 0 Å². The van der Waals surface area contributed by atoms with E-state index in [0.29, 0.717) is 29.7 Å². The lowest BCUT2D eigenvalue weighted by Crippen LogP contribution is -2.35. The number of fused-ring (bicyclic) bond motifs is 2. The molecular weight excluding hydrogens is 412 g/mol. The van der Waals surface area contributed by atoms with Gasteiger partial charge >= 0.3 is 0 Å². The molecule has 0 spiro atoms. The molecule has 154 valence electrons. The monoisotopic (exact) mass is 430 g/mol. The number of hydrogen-bond donors (Lipinski definition) is 1. The van der Waals surface area contributed by atoms with Gasteiger partial charge in [-0.25, -0.2) is 0 Å². The summed E-state index contributed by atoms with van der Waals surface area (Å²) in [5.41, 5.74) is 2.85. The summed E-state index contributed by atoms with van der Waals surface area (Å²) in [6.07, 6.45) is 0.764. The van der Waals surface area contributed by atoms with E-state index in [1.165, 1.54) is 17.4 Å². The van der Waals surface area contributed by atoms with Crippen molar-refractivity contribution in [1.29, 1.82) is 0 Å². The first kappa shape index (κ1) is 19.3. The normalized spacial score (nSPS) is 13.1. The van der Waals surface area contributed by atoms with Crippen LogP contribution in [-0.4, -0.2) is 23.3 Å². The Labute approximate surface area is 181 Å². The van der Waals surface area contributed by atoms with E-state index in [0.717, 1.165) is 22.4 Å². The van der Waals surface area contributed by atoms with E-state index in [2.05, 4.69) is 5.32 Å². The van der Waals surface area contributed by atoms with Gasteiger partial charge in [0.2, 0.25) is 0 Å². The summed E-state index contributed by atoms with van der Waals surface area (Å²) in [6, 6.07) is 17.4. The summed E-state index contributed by atoms with van der Waals surface area (Å²) in [4.78, 5) is 40.2. The minimum Gasteiger partial charge on any atom is -0.451 e. The van der Waals surface area contributed by atoms with E-state index < -0.39 is 5.91 Å². The van der Waals surface area contributed by atoms with Crippen molar-refractivity contribution >= 4 is 39.8 Å². The fourth-order valence-corrected chi connectivity index (χ4v) is 4.46. The Balaban J connectivity index is 1.37. The molecule has 4 aromatic rings. The zero-order valence-corrected chi connectivity index (χ0v) is 17.3. The topological polar surface area (TPSA) is 79.6 Å². The van der Waals surface area contributed by atoms with E-state index in [1.807, 2.05) is 40.6 Å². The number of amides is 2. The highest BCUT2D eigenvalue weighted by Gasteiger charge is 2.23. The van der Waals surface area contributed by atoms with Crippen LogP contribution in [0, 0.1) is 0 Å². The van der Waals surface area contributed by atoms with Gasteiger partial charge in [-0.3, -0.25) is 14.4 Å². The number of rotatable bonds is 3. The molecule has 31 heavy (non-hydrogen) atoms. The lowest BCUT2D eigenvalue weighted by Gasteiger charge is -2.29. The van der Waals surface area contributed by atoms with Crippen LogP contribution in [-0.2, 0) is 13.0 Å². The minimum absolute atomic E-state index is 0.0213. The summed E-state index contributed by atoms with van der Waals surface area (Å²) in [5.74, 6) is -0.519. The van der Waals surface area contributed by atoms with Crippen LogP contribution in [0.2, 0.25) is 0 Å². The molecule has 1 aliphatic heterocycles. The van der Waals surface area contributed by atoms with Crippen molar-refractivity contribution in [2.45, 2.75) is 13.0 Å². The highest BCUT2D eigenvalue weighted by Crippen LogP contribution is 2.25. The van der Waals surface area contributed by atoms with Crippen LogP contribution >= 0.6 is 11.3 Å². The lowest BCUT2D eigenvalue weighted by atomic mass is 9.99. The Hall–Kier alpha value is -3.71. The van der Waals surface area contributed by atoms with Gasteiger partial charge in [0.05, 0.1) is 10.3 Å². The van der Waals surface area contributed by atoms with Crippen molar-refractivity contribution in [1.82, 2.24) is 4.90 Å². The Bertz CT molecular complexity index is 1360. The highest BCUT2D eigenvalue weighted by atomic mass is 32.1. The molecule has 5 rings (SSSR count). The summed E-state index contributed by atoms with van der Waals surface area (Å²) in [7, 11) is 0. The van der Waals surface area contributed by atoms with Crippen LogP contribution in [0.4, 0.5) is 5.69 Å². The predicted octanol–water partition coefficient (Wildman–Crippen LogP) is 4.31. The Morgan fingerprint density at radius 3 is 2.71 bits per heavy atom. The van der Waals surface area contributed by atoms with Gasteiger partial charge in [-0.1, -0.05) is 24.3 Å². The van der Waals surface area contributed by atoms with Crippen LogP contribution in [0.15, 0.2) is 75.3 Å². The lowest BCUT2D eigenvalue weighted by molar-refractivity contribution is 0.0739. The molecule has 1 N–H and O–H groups in total. The first-order valence-electron chi connectivity index (χ1n) is 9.87. The molecule has 2 amide bonds. The second-order valence-corrected chi connectivity index (χ2v) is 8.31. The van der Waals surface area contributed by atoms with Gasteiger partial charge in [-0.05, 0) is 53.3 Å². The van der Waals surface area contributed by atoms with Gasteiger partial charge in [0.25, 0.3) is 11.8 Å². The van der Waals surface area contributed by atoms with E-state index in [-0.39, 0.29) is 17.1 Å². The second kappa shape index (κ2) is 7.85. The number of carbonyl (C=O) groups is 2. The summed E-state index contributed by atoms with van der Waals surface area (Å²) in [5, 5.41) is 5.13. The molecule has 0 bridgehead atoms. The minimum atomic E-state index is -0.495. The van der Waals surface area contributed by atoms with E-state index in [1.54, 1.807) is 24.3 Å². The molecule has 7 heteroatoms. The average Bonchev–Trinajstić information content (AvgIpc) is 3.33. The highest BCUT2D eigenvalue weighted by molar-refractivity contribution is 7.12. The standard InChI is InChI=1S/C24H18N2O4S/c27-19-13-21(30-20-5-2-1-4-18(19)20)23(28)25-17-8-7-15-9-10-26(14-16(15)12-17)24(29)22-6-3-11-31-22/h1-8,11-13H,9-10,14H2,(H,25,28). The van der Waals surface area contributed by atoms with Crippen molar-refractivity contribution in [2.75, 3.05) is 11.9 Å². The molecule has 1 aliphatic rings. The summed E-state index contributed by atoms with van der Waals surface area (Å²) >= 11 is 1.43. The Morgan fingerprint density at radius 2 is 1.87 bits per heavy atom. The number of anilines is 1. The van der Waals surface area contributed by atoms with Crippen LogP contribution in [0.25, 0.3) is 11.0 Å². The zero-order valence-electron chi connectivity index (χ0n) is 16.5. The van der Waals surface area contributed by atoms with Crippen LogP contribution < -0.4 is 10.7 Å². The zero-order chi connectivity index (χ0) is 21.4. The van der Waals surface area contributed by atoms with Crippen molar-refractivity contribution in [3.63, 3.8) is 0 Å². The third-order valence-corrected chi connectivity index (χ3v) is 6.21. The summed E-state index contributed by atoms with van der Waals surface area (Å²) in [6.45, 7) is 1.15. The van der Waals surface area contributed by atoms with E-state index >= 15 is 0 Å². The smallest absolute Gasteiger partial charge is 0.291 e. The molecule has 6 nitrogen and oxygen atoms in total. The van der Waals surface area contributed by atoms with E-state index in [4.69, 9.17) is 4.42 Å². The fourth-order valence-electron chi connectivity index (χ4n) is 3.77. The molecular formula is C24H18N2O4S. The predicted molar refractivity (Wildman–Crippen MR) is 120 cm³/mol. The number of nitrogens with zero attached hydrogens (tertiary/aromatic N) is 1. The number of thiophene rings is 1. The first-order chi connectivity index (χ1) is 15.1. The van der Waals surface area contributed by atoms with E-state index in [9.17, 15) is 14.4 Å². The third kappa shape index (κ3) is 3.75.